The molecule has 1 aliphatic rings. The van der Waals surface area contributed by atoms with E-state index < -0.39 is 0 Å². The van der Waals surface area contributed by atoms with Crippen molar-refractivity contribution in [2.75, 3.05) is 19.6 Å². The number of amides is 2. The summed E-state index contributed by atoms with van der Waals surface area (Å²) >= 11 is 3.43. The smallest absolute Gasteiger partial charge is 0.236 e. The van der Waals surface area contributed by atoms with Gasteiger partial charge < -0.3 is 10.2 Å². The first-order chi connectivity index (χ1) is 11.6. The van der Waals surface area contributed by atoms with Gasteiger partial charge in [0.15, 0.2) is 0 Å². The summed E-state index contributed by atoms with van der Waals surface area (Å²) in [4.78, 5) is 25.4. The summed E-state index contributed by atoms with van der Waals surface area (Å²) in [5.74, 6) is 0.387. The lowest BCUT2D eigenvalue weighted by molar-refractivity contribution is -0.131. The van der Waals surface area contributed by atoms with E-state index in [1.807, 2.05) is 30.3 Å². The number of hydrogen-bond acceptors (Lipinski definition) is 3. The number of nitrogens with zero attached hydrogens (tertiary/aromatic N) is 2. The molecule has 0 unspecified atom stereocenters. The van der Waals surface area contributed by atoms with Crippen LogP contribution < -0.4 is 5.32 Å². The molecule has 0 bridgehead atoms. The summed E-state index contributed by atoms with van der Waals surface area (Å²) in [6.45, 7) is 2.02. The molecule has 2 rings (SSSR count). The lowest BCUT2D eigenvalue weighted by Gasteiger charge is -2.31. The van der Waals surface area contributed by atoms with E-state index in [1.165, 1.54) is 0 Å². The number of hydrogen-bond donors (Lipinski definition) is 1. The fourth-order valence-corrected chi connectivity index (χ4v) is 3.31. The first kappa shape index (κ1) is 18.5. The molecule has 0 aliphatic carbocycles. The number of piperidine rings is 1. The summed E-state index contributed by atoms with van der Waals surface area (Å²) in [5.41, 5.74) is 1.14. The molecule has 1 heterocycles. The normalized spacial score (nSPS) is 14.9. The lowest BCUT2D eigenvalue weighted by Crippen LogP contribution is -2.41. The second-order valence-electron chi connectivity index (χ2n) is 6.09. The Morgan fingerprint density at radius 3 is 2.75 bits per heavy atom. The van der Waals surface area contributed by atoms with Gasteiger partial charge in [-0.3, -0.25) is 9.59 Å². The Balaban J connectivity index is 1.64. The minimum Gasteiger partial charge on any atom is -0.356 e. The molecule has 5 nitrogen and oxygen atoms in total. The van der Waals surface area contributed by atoms with Crippen molar-refractivity contribution in [3.8, 4) is 6.07 Å². The van der Waals surface area contributed by atoms with E-state index in [-0.39, 0.29) is 18.2 Å². The van der Waals surface area contributed by atoms with Crippen LogP contribution in [0.15, 0.2) is 28.7 Å². The highest BCUT2D eigenvalue weighted by atomic mass is 79.9. The van der Waals surface area contributed by atoms with E-state index in [4.69, 9.17) is 5.26 Å². The molecule has 0 aromatic heterocycles. The SMILES string of the molecule is N#CCC(=O)N1CCC(CNC(=O)CCc2cccc(Br)c2)CC1. The van der Waals surface area contributed by atoms with E-state index in [1.54, 1.807) is 4.90 Å². The molecule has 1 aliphatic heterocycles. The van der Waals surface area contributed by atoms with Crippen LogP contribution in [0.25, 0.3) is 0 Å². The highest BCUT2D eigenvalue weighted by molar-refractivity contribution is 9.10. The maximum Gasteiger partial charge on any atom is 0.236 e. The Hall–Kier alpha value is -1.87. The molecular weight excluding hydrogens is 370 g/mol. The Kier molecular flexibility index (Phi) is 7.26. The van der Waals surface area contributed by atoms with Crippen LogP contribution in [0.3, 0.4) is 0 Å². The fourth-order valence-electron chi connectivity index (χ4n) is 2.86. The molecular formula is C18H22BrN3O2. The lowest BCUT2D eigenvalue weighted by atomic mass is 9.96. The van der Waals surface area contributed by atoms with Crippen LogP contribution in [0.4, 0.5) is 0 Å². The number of benzene rings is 1. The summed E-state index contributed by atoms with van der Waals surface area (Å²) in [6.07, 6.45) is 2.92. The predicted molar refractivity (Wildman–Crippen MR) is 95.0 cm³/mol. The van der Waals surface area contributed by atoms with Gasteiger partial charge in [-0.2, -0.15) is 5.26 Å². The molecule has 1 N–H and O–H groups in total. The molecule has 1 aromatic carbocycles. The van der Waals surface area contributed by atoms with Crippen molar-refractivity contribution in [1.29, 1.82) is 5.26 Å². The summed E-state index contributed by atoms with van der Waals surface area (Å²) in [7, 11) is 0. The average molecular weight is 392 g/mol. The van der Waals surface area contributed by atoms with Crippen LogP contribution >= 0.6 is 15.9 Å². The van der Waals surface area contributed by atoms with Gasteiger partial charge in [0.05, 0.1) is 6.07 Å². The zero-order chi connectivity index (χ0) is 17.4. The van der Waals surface area contributed by atoms with Crippen LogP contribution in [-0.4, -0.2) is 36.3 Å². The number of nitriles is 1. The third-order valence-electron chi connectivity index (χ3n) is 4.32. The van der Waals surface area contributed by atoms with Crippen LogP contribution in [0.2, 0.25) is 0 Å². The first-order valence-electron chi connectivity index (χ1n) is 8.24. The molecule has 1 saturated heterocycles. The number of likely N-dealkylation sites (tertiary alicyclic amines) is 1. The molecule has 1 aromatic rings. The molecule has 0 saturated carbocycles. The van der Waals surface area contributed by atoms with Crippen molar-refractivity contribution >= 4 is 27.7 Å². The maximum absolute atomic E-state index is 12.0. The van der Waals surface area contributed by atoms with Gasteiger partial charge in [0.1, 0.15) is 6.42 Å². The van der Waals surface area contributed by atoms with E-state index >= 15 is 0 Å². The van der Waals surface area contributed by atoms with Gasteiger partial charge in [-0.15, -0.1) is 0 Å². The summed E-state index contributed by atoms with van der Waals surface area (Å²) in [6, 6.07) is 9.89. The third kappa shape index (κ3) is 5.97. The number of nitrogens with one attached hydrogen (secondary N) is 1. The molecule has 24 heavy (non-hydrogen) atoms. The molecule has 0 radical (unpaired) electrons. The van der Waals surface area contributed by atoms with Gasteiger partial charge in [0.2, 0.25) is 11.8 Å². The molecule has 0 spiro atoms. The van der Waals surface area contributed by atoms with Crippen molar-refractivity contribution < 1.29 is 9.59 Å². The topological polar surface area (TPSA) is 73.2 Å². The molecule has 128 valence electrons. The van der Waals surface area contributed by atoms with Crippen molar-refractivity contribution in [1.82, 2.24) is 10.2 Å². The number of carbonyl (C=O) groups is 2. The van der Waals surface area contributed by atoms with Crippen LogP contribution in [0, 0.1) is 17.2 Å². The van der Waals surface area contributed by atoms with Crippen molar-refractivity contribution in [2.45, 2.75) is 32.1 Å². The van der Waals surface area contributed by atoms with Crippen molar-refractivity contribution in [2.24, 2.45) is 5.92 Å². The highest BCUT2D eigenvalue weighted by Gasteiger charge is 2.22. The van der Waals surface area contributed by atoms with E-state index in [0.29, 0.717) is 32.0 Å². The van der Waals surface area contributed by atoms with Gasteiger partial charge in [-0.1, -0.05) is 28.1 Å². The number of halogens is 1. The molecule has 6 heteroatoms. The van der Waals surface area contributed by atoms with E-state index in [0.717, 1.165) is 29.3 Å². The van der Waals surface area contributed by atoms with Crippen molar-refractivity contribution in [3.63, 3.8) is 0 Å². The second kappa shape index (κ2) is 9.43. The third-order valence-corrected chi connectivity index (χ3v) is 4.81. The molecule has 1 fully saturated rings. The number of carbonyl (C=O) groups excluding carboxylic acids is 2. The Labute approximate surface area is 151 Å². The second-order valence-corrected chi connectivity index (χ2v) is 7.01. The molecule has 0 atom stereocenters. The number of aryl methyl sites for hydroxylation is 1. The van der Waals surface area contributed by atoms with Crippen LogP contribution in [0.5, 0.6) is 0 Å². The van der Waals surface area contributed by atoms with Gasteiger partial charge in [0, 0.05) is 30.5 Å². The average Bonchev–Trinajstić information content (AvgIpc) is 2.59. The summed E-state index contributed by atoms with van der Waals surface area (Å²) < 4.78 is 1.03. The maximum atomic E-state index is 12.0. The minimum absolute atomic E-state index is 0.0446. The zero-order valence-electron chi connectivity index (χ0n) is 13.6. The highest BCUT2D eigenvalue weighted by Crippen LogP contribution is 2.17. The minimum atomic E-state index is -0.0889. The number of rotatable bonds is 6. The van der Waals surface area contributed by atoms with Gasteiger partial charge in [-0.05, 0) is 42.9 Å². The quantitative estimate of drug-likeness (QED) is 0.809. The Morgan fingerprint density at radius 2 is 2.08 bits per heavy atom. The standard InChI is InChI=1S/C18H22BrN3O2/c19-16-3-1-2-14(12-16)4-5-17(23)21-13-15-7-10-22(11-8-15)18(24)6-9-20/h1-3,12,15H,4-8,10-11,13H2,(H,21,23). The van der Waals surface area contributed by atoms with Crippen molar-refractivity contribution in [3.05, 3.63) is 34.3 Å². The Bertz CT molecular complexity index is 619. The Morgan fingerprint density at radius 1 is 1.33 bits per heavy atom. The van der Waals surface area contributed by atoms with Crippen LogP contribution in [0.1, 0.15) is 31.2 Å². The van der Waals surface area contributed by atoms with Gasteiger partial charge >= 0.3 is 0 Å². The molecule has 2 amide bonds. The largest absolute Gasteiger partial charge is 0.356 e. The van der Waals surface area contributed by atoms with E-state index in [9.17, 15) is 9.59 Å². The van der Waals surface area contributed by atoms with Gasteiger partial charge in [0.25, 0.3) is 0 Å². The summed E-state index contributed by atoms with van der Waals surface area (Å²) in [5, 5.41) is 11.6. The monoisotopic (exact) mass is 391 g/mol. The van der Waals surface area contributed by atoms with E-state index in [2.05, 4.69) is 21.2 Å². The first-order valence-corrected chi connectivity index (χ1v) is 9.03. The predicted octanol–water partition coefficient (Wildman–Crippen LogP) is 2.65. The van der Waals surface area contributed by atoms with Crippen LogP contribution in [-0.2, 0) is 16.0 Å². The van der Waals surface area contributed by atoms with Gasteiger partial charge in [-0.25, -0.2) is 0 Å². The fraction of sp³-hybridized carbons (Fsp3) is 0.500. The zero-order valence-corrected chi connectivity index (χ0v) is 15.2.